The van der Waals surface area contributed by atoms with Crippen LogP contribution in [-0.4, -0.2) is 30.8 Å². The van der Waals surface area contributed by atoms with Gasteiger partial charge in [0.15, 0.2) is 0 Å². The van der Waals surface area contributed by atoms with Crippen LogP contribution < -0.4 is 58.2 Å². The molecule has 0 aliphatic carbocycles. The fourth-order valence-corrected chi connectivity index (χ4v) is 1.64. The minimum atomic E-state index is 0. The Morgan fingerprint density at radius 3 is 2.35 bits per heavy atom. The van der Waals surface area contributed by atoms with Gasteiger partial charge >= 0.3 is 58.2 Å². The van der Waals surface area contributed by atoms with E-state index in [4.69, 9.17) is 5.11 Å². The molecule has 1 N–H and O–H groups in total. The predicted octanol–water partition coefficient (Wildman–Crippen LogP) is -0.484. The minimum Gasteiger partial charge on any atom is -0.665 e. The van der Waals surface area contributed by atoms with E-state index in [0.717, 1.165) is 26.1 Å². The molecule has 1 unspecified atom stereocenters. The van der Waals surface area contributed by atoms with Gasteiger partial charge in [0, 0.05) is 32.7 Å². The zero-order chi connectivity index (χ0) is 9.80. The van der Waals surface area contributed by atoms with E-state index in [-0.39, 0.29) is 98.3 Å². The number of piperazine rings is 1. The van der Waals surface area contributed by atoms with Gasteiger partial charge in [-0.15, -0.1) is 0 Å². The van der Waals surface area contributed by atoms with Crippen LogP contribution in [0.5, 0.6) is 5.75 Å². The number of hydrogen-bond donors (Lipinski definition) is 1. The molecule has 0 bridgehead atoms. The molecule has 0 saturated carbocycles. The number of benzene rings is 1. The molecule has 1 aromatic rings. The van der Waals surface area contributed by atoms with Gasteiger partial charge in [0.25, 0.3) is 0 Å². The van der Waals surface area contributed by atoms with Crippen molar-refractivity contribution in [3.8, 4) is 5.75 Å². The minimum absolute atomic E-state index is 0. The molecule has 0 amide bonds. The molecule has 1 fully saturated rings. The Hall–Kier alpha value is 1.85. The number of phenolic OH excluding ortho intramolecular Hbond substituents is 1. The smallest absolute Gasteiger partial charge is 0.665 e. The molecule has 1 saturated heterocycles. The van der Waals surface area contributed by atoms with Crippen LogP contribution in [0.4, 0.5) is 0 Å². The second-order valence-corrected chi connectivity index (χ2v) is 3.56. The van der Waals surface area contributed by atoms with Gasteiger partial charge in [0.1, 0.15) is 5.75 Å². The molecule has 1 atom stereocenters. The van der Waals surface area contributed by atoms with Crippen molar-refractivity contribution in [2.24, 2.45) is 0 Å². The average molecular weight is 380 g/mol. The van der Waals surface area contributed by atoms with Crippen LogP contribution >= 0.6 is 0 Å². The van der Waals surface area contributed by atoms with Crippen LogP contribution in [0, 0.1) is 7.43 Å². The van der Waals surface area contributed by atoms with Crippen LogP contribution in [-0.2, 0) is 39.1 Å². The van der Waals surface area contributed by atoms with Gasteiger partial charge in [0.2, 0.25) is 0 Å². The molecular formula is C12H17N2ORbY-2. The maximum Gasteiger partial charge on any atom is 1.00 e. The SMILES string of the molecule is Oc1ccc(CC2C[N-]CC[N-]2)cc1.[CH3-].[Rb+].[Y]. The van der Waals surface area contributed by atoms with E-state index in [9.17, 15) is 0 Å². The fraction of sp³-hybridized carbons (Fsp3) is 0.417. The van der Waals surface area contributed by atoms with Gasteiger partial charge in [-0.3, -0.25) is 0 Å². The molecule has 2 rings (SSSR count). The summed E-state index contributed by atoms with van der Waals surface area (Å²) in [5.74, 6) is 0.319. The molecule has 87 valence electrons. The van der Waals surface area contributed by atoms with Crippen LogP contribution in [0.25, 0.3) is 10.6 Å². The molecular weight excluding hydrogens is 363 g/mol. The van der Waals surface area contributed by atoms with Gasteiger partial charge < -0.3 is 23.2 Å². The topological polar surface area (TPSA) is 48.4 Å². The number of aromatic hydroxyl groups is 1. The molecule has 5 heteroatoms. The van der Waals surface area contributed by atoms with E-state index in [1.807, 2.05) is 12.1 Å². The Morgan fingerprint density at radius 1 is 1.18 bits per heavy atom. The maximum atomic E-state index is 9.12. The summed E-state index contributed by atoms with van der Waals surface area (Å²) in [5.41, 5.74) is 1.22. The van der Waals surface area contributed by atoms with Crippen molar-refractivity contribution < 1.29 is 96.0 Å². The van der Waals surface area contributed by atoms with Crippen molar-refractivity contribution in [3.05, 3.63) is 47.9 Å². The molecule has 1 radical (unpaired) electrons. The third-order valence-electron chi connectivity index (χ3n) is 2.39. The monoisotopic (exact) mass is 379 g/mol. The Balaban J connectivity index is 0. The van der Waals surface area contributed by atoms with Crippen molar-refractivity contribution in [3.63, 3.8) is 0 Å². The van der Waals surface area contributed by atoms with Gasteiger partial charge in [-0.25, -0.2) is 0 Å². The summed E-state index contributed by atoms with van der Waals surface area (Å²) in [4.78, 5) is 0. The van der Waals surface area contributed by atoms with E-state index in [1.54, 1.807) is 12.1 Å². The third-order valence-corrected chi connectivity index (χ3v) is 2.39. The molecule has 3 nitrogen and oxygen atoms in total. The predicted molar refractivity (Wildman–Crippen MR) is 63.3 cm³/mol. The average Bonchev–Trinajstić information content (AvgIpc) is 2.23. The molecule has 0 spiro atoms. The van der Waals surface area contributed by atoms with E-state index in [0.29, 0.717) is 11.8 Å². The Labute approximate surface area is 178 Å². The molecule has 1 aromatic carbocycles. The van der Waals surface area contributed by atoms with Crippen molar-refractivity contribution in [1.82, 2.24) is 0 Å². The molecule has 0 aromatic heterocycles. The van der Waals surface area contributed by atoms with E-state index >= 15 is 0 Å². The van der Waals surface area contributed by atoms with Crippen LogP contribution in [0.3, 0.4) is 0 Å². The molecule has 17 heavy (non-hydrogen) atoms. The molecule has 1 aliphatic rings. The zero-order valence-corrected chi connectivity index (χ0v) is 18.4. The number of phenols is 1. The first-order valence-corrected chi connectivity index (χ1v) is 4.92. The second kappa shape index (κ2) is 11.7. The Kier molecular flexibility index (Phi) is 14.5. The fourth-order valence-electron chi connectivity index (χ4n) is 1.64. The van der Waals surface area contributed by atoms with Gasteiger partial charge in [0.05, 0.1) is 0 Å². The first-order valence-electron chi connectivity index (χ1n) is 4.92. The van der Waals surface area contributed by atoms with Crippen LogP contribution in [0.1, 0.15) is 5.56 Å². The summed E-state index contributed by atoms with van der Waals surface area (Å²) < 4.78 is 0. The van der Waals surface area contributed by atoms with Gasteiger partial charge in [-0.05, 0) is 24.1 Å². The van der Waals surface area contributed by atoms with Crippen LogP contribution in [0.2, 0.25) is 0 Å². The summed E-state index contributed by atoms with van der Waals surface area (Å²) >= 11 is 0. The van der Waals surface area contributed by atoms with Crippen molar-refractivity contribution in [1.29, 1.82) is 0 Å². The van der Waals surface area contributed by atoms with Crippen molar-refractivity contribution >= 4 is 0 Å². The maximum absolute atomic E-state index is 9.12. The van der Waals surface area contributed by atoms with Crippen molar-refractivity contribution in [2.45, 2.75) is 12.5 Å². The largest absolute Gasteiger partial charge is 1.00 e. The Morgan fingerprint density at radius 2 is 1.82 bits per heavy atom. The zero-order valence-electron chi connectivity index (χ0n) is 10.6. The van der Waals surface area contributed by atoms with E-state index in [2.05, 4.69) is 10.6 Å². The summed E-state index contributed by atoms with van der Waals surface area (Å²) in [6.07, 6.45) is 0.934. The van der Waals surface area contributed by atoms with Gasteiger partial charge in [-0.1, -0.05) is 12.1 Å². The quantitative estimate of drug-likeness (QED) is 0.693. The second-order valence-electron chi connectivity index (χ2n) is 3.56. The summed E-state index contributed by atoms with van der Waals surface area (Å²) in [6, 6.07) is 7.66. The molecule has 1 aliphatic heterocycles. The van der Waals surface area contributed by atoms with E-state index in [1.165, 1.54) is 5.56 Å². The van der Waals surface area contributed by atoms with Gasteiger partial charge in [-0.2, -0.15) is 25.7 Å². The molecule has 1 heterocycles. The number of rotatable bonds is 2. The first-order chi connectivity index (χ1) is 6.84. The first kappa shape index (κ1) is 21.2. The third kappa shape index (κ3) is 7.88. The van der Waals surface area contributed by atoms with Crippen LogP contribution in [0.15, 0.2) is 24.3 Å². The van der Waals surface area contributed by atoms with E-state index < -0.39 is 0 Å². The summed E-state index contributed by atoms with van der Waals surface area (Å²) in [7, 11) is 0. The summed E-state index contributed by atoms with van der Waals surface area (Å²) in [5, 5.41) is 17.9. The Bertz CT molecular complexity index is 289. The number of nitrogens with zero attached hydrogens (tertiary/aromatic N) is 2. The summed E-state index contributed by atoms with van der Waals surface area (Å²) in [6.45, 7) is 2.59. The number of hydrogen-bond acceptors (Lipinski definition) is 1. The van der Waals surface area contributed by atoms with Crippen molar-refractivity contribution in [2.75, 3.05) is 19.6 Å². The normalized spacial score (nSPS) is 18.2. The standard InChI is InChI=1S/C11H14N2O.CH3.Rb.Y/c14-11-3-1-9(2-4-11)7-10-8-12-5-6-13-10;;;/h1-4,10,14H,5-8H2;1H3;;/q-2;-1;+1;.